The number of rotatable bonds is 6. The molecule has 0 heterocycles. The topological polar surface area (TPSA) is 71.5 Å². The maximum atomic E-state index is 7.82. The number of nitrogens with two attached hydrogens (primary N) is 1. The van der Waals surface area contributed by atoms with Crippen molar-refractivity contribution in [3.05, 3.63) is 0 Å². The van der Waals surface area contributed by atoms with Gasteiger partial charge < -0.3 is 10.5 Å². The third-order valence-electron chi connectivity index (χ3n) is 3.55. The zero-order chi connectivity index (χ0) is 14.3. The Morgan fingerprint density at radius 2 is 2.05 bits per heavy atom. The summed E-state index contributed by atoms with van der Waals surface area (Å²) >= 11 is 2.24. The molecule has 0 aromatic carbocycles. The molecule has 0 amide bonds. The third-order valence-corrected chi connectivity index (χ3v) is 4.73. The quantitative estimate of drug-likeness (QED) is 0.320. The molecule has 1 aliphatic rings. The first-order valence-corrected chi connectivity index (χ1v) is 8.41. The van der Waals surface area contributed by atoms with Crippen LogP contribution in [0, 0.1) is 5.41 Å². The van der Waals surface area contributed by atoms with Crippen LogP contribution in [0.4, 0.5) is 0 Å². The predicted octanol–water partition coefficient (Wildman–Crippen LogP) is 3.66. The standard InChI is InChI=1S/C14H26IN3O/c1-3-7-11(15)13(17)19-10-12(16)18-14(2)8-5-4-6-9-14/h11,17H,3-10H2,1-2H3,(H2,16,18). The molecule has 4 nitrogen and oxygen atoms in total. The zero-order valence-electron chi connectivity index (χ0n) is 12.0. The van der Waals surface area contributed by atoms with Crippen molar-refractivity contribution in [2.45, 2.75) is 68.3 Å². The summed E-state index contributed by atoms with van der Waals surface area (Å²) in [5.74, 6) is 0.837. The van der Waals surface area contributed by atoms with Gasteiger partial charge in [-0.1, -0.05) is 55.2 Å². The lowest BCUT2D eigenvalue weighted by Gasteiger charge is -2.30. The SMILES string of the molecule is CCCC(I)C(=N)OCC(N)=NC1(C)CCCCC1. The number of amidine groups is 1. The number of ether oxygens (including phenoxy) is 1. The molecule has 1 aliphatic carbocycles. The average Bonchev–Trinajstić information content (AvgIpc) is 2.36. The van der Waals surface area contributed by atoms with Gasteiger partial charge in [-0.25, -0.2) is 0 Å². The van der Waals surface area contributed by atoms with Crippen molar-refractivity contribution in [1.29, 1.82) is 5.41 Å². The normalized spacial score (nSPS) is 20.9. The largest absolute Gasteiger partial charge is 0.472 e. The summed E-state index contributed by atoms with van der Waals surface area (Å²) < 4.78 is 5.56. The molecule has 1 fully saturated rings. The van der Waals surface area contributed by atoms with E-state index in [0.29, 0.717) is 11.7 Å². The molecule has 110 valence electrons. The van der Waals surface area contributed by atoms with Crippen molar-refractivity contribution in [3.63, 3.8) is 0 Å². The van der Waals surface area contributed by atoms with Gasteiger partial charge in [-0.3, -0.25) is 10.4 Å². The second-order valence-corrected chi connectivity index (χ2v) is 7.07. The van der Waals surface area contributed by atoms with Crippen LogP contribution in [0.5, 0.6) is 0 Å². The van der Waals surface area contributed by atoms with Crippen LogP contribution in [-0.4, -0.2) is 27.8 Å². The molecular weight excluding hydrogens is 353 g/mol. The van der Waals surface area contributed by atoms with Crippen LogP contribution in [0.3, 0.4) is 0 Å². The van der Waals surface area contributed by atoms with E-state index in [-0.39, 0.29) is 16.1 Å². The van der Waals surface area contributed by atoms with E-state index in [9.17, 15) is 0 Å². The first-order chi connectivity index (χ1) is 8.97. The Morgan fingerprint density at radius 3 is 2.63 bits per heavy atom. The van der Waals surface area contributed by atoms with Crippen molar-refractivity contribution >= 4 is 34.3 Å². The average molecular weight is 379 g/mol. The highest BCUT2D eigenvalue weighted by Gasteiger charge is 2.26. The van der Waals surface area contributed by atoms with Crippen molar-refractivity contribution in [2.75, 3.05) is 6.61 Å². The van der Waals surface area contributed by atoms with Gasteiger partial charge in [-0.15, -0.1) is 0 Å². The second-order valence-electron chi connectivity index (χ2n) is 5.57. The zero-order valence-corrected chi connectivity index (χ0v) is 14.2. The summed E-state index contributed by atoms with van der Waals surface area (Å²) in [7, 11) is 0. The van der Waals surface area contributed by atoms with Gasteiger partial charge in [0.1, 0.15) is 12.4 Å². The number of nitrogens with zero attached hydrogens (tertiary/aromatic N) is 1. The van der Waals surface area contributed by atoms with Crippen LogP contribution in [0.2, 0.25) is 0 Å². The van der Waals surface area contributed by atoms with Gasteiger partial charge in [-0.2, -0.15) is 0 Å². The van der Waals surface area contributed by atoms with Gasteiger partial charge >= 0.3 is 0 Å². The first-order valence-electron chi connectivity index (χ1n) is 7.16. The Bertz CT molecular complexity index is 325. The summed E-state index contributed by atoms with van der Waals surface area (Å²) in [5.41, 5.74) is 5.93. The maximum Gasteiger partial charge on any atom is 0.194 e. The Hall–Kier alpha value is -0.330. The summed E-state index contributed by atoms with van der Waals surface area (Å²) in [6, 6.07) is 0. The van der Waals surface area contributed by atoms with Crippen LogP contribution >= 0.6 is 22.6 Å². The molecule has 1 rings (SSSR count). The van der Waals surface area contributed by atoms with Gasteiger partial charge in [0.25, 0.3) is 0 Å². The van der Waals surface area contributed by atoms with Gasteiger partial charge in [-0.05, 0) is 26.2 Å². The molecule has 0 aromatic rings. The number of halogens is 1. The van der Waals surface area contributed by atoms with Crippen molar-refractivity contribution in [2.24, 2.45) is 10.7 Å². The van der Waals surface area contributed by atoms with E-state index in [2.05, 4.69) is 41.4 Å². The lowest BCUT2D eigenvalue weighted by atomic mass is 9.84. The van der Waals surface area contributed by atoms with E-state index in [0.717, 1.165) is 25.7 Å². The van der Waals surface area contributed by atoms with Crippen LogP contribution in [0.15, 0.2) is 4.99 Å². The molecule has 0 aromatic heterocycles. The Labute approximate surface area is 130 Å². The highest BCUT2D eigenvalue weighted by atomic mass is 127. The molecule has 0 saturated heterocycles. The number of hydrogen-bond donors (Lipinski definition) is 2. The Balaban J connectivity index is 2.41. The first kappa shape index (κ1) is 16.7. The number of nitrogens with one attached hydrogen (secondary N) is 1. The summed E-state index contributed by atoms with van der Waals surface area (Å²) in [6.45, 7) is 4.53. The number of hydrogen-bond acceptors (Lipinski definition) is 3. The van der Waals surface area contributed by atoms with E-state index in [1.54, 1.807) is 0 Å². The van der Waals surface area contributed by atoms with Crippen LogP contribution < -0.4 is 5.73 Å². The minimum Gasteiger partial charge on any atom is -0.472 e. The summed E-state index contributed by atoms with van der Waals surface area (Å²) in [6.07, 6.45) is 8.01. The molecular formula is C14H26IN3O. The van der Waals surface area contributed by atoms with E-state index in [4.69, 9.17) is 15.9 Å². The summed E-state index contributed by atoms with van der Waals surface area (Å²) in [5, 5.41) is 7.82. The Kier molecular flexibility index (Phi) is 7.10. The van der Waals surface area contributed by atoms with Crippen molar-refractivity contribution in [3.8, 4) is 0 Å². The number of alkyl halides is 1. The molecule has 1 atom stereocenters. The highest BCUT2D eigenvalue weighted by molar-refractivity contribution is 14.1. The smallest absolute Gasteiger partial charge is 0.194 e. The van der Waals surface area contributed by atoms with Crippen LogP contribution in [0.1, 0.15) is 58.8 Å². The lowest BCUT2D eigenvalue weighted by molar-refractivity contribution is 0.315. The van der Waals surface area contributed by atoms with Crippen molar-refractivity contribution in [1.82, 2.24) is 0 Å². The maximum absolute atomic E-state index is 7.82. The minimum atomic E-state index is -0.0129. The molecule has 0 aliphatic heterocycles. The predicted molar refractivity (Wildman–Crippen MR) is 89.5 cm³/mol. The van der Waals surface area contributed by atoms with Gasteiger partial charge in [0.15, 0.2) is 5.90 Å². The monoisotopic (exact) mass is 379 g/mol. The summed E-state index contributed by atoms with van der Waals surface area (Å²) in [4.78, 5) is 4.62. The molecule has 0 bridgehead atoms. The fourth-order valence-corrected chi connectivity index (χ4v) is 3.23. The van der Waals surface area contributed by atoms with Crippen LogP contribution in [-0.2, 0) is 4.74 Å². The van der Waals surface area contributed by atoms with Gasteiger partial charge in [0.2, 0.25) is 0 Å². The second kappa shape index (κ2) is 8.07. The van der Waals surface area contributed by atoms with E-state index < -0.39 is 0 Å². The molecule has 5 heteroatoms. The minimum absolute atomic E-state index is 0.0129. The molecule has 0 spiro atoms. The molecule has 3 N–H and O–H groups in total. The lowest BCUT2D eigenvalue weighted by Crippen LogP contribution is -2.32. The van der Waals surface area contributed by atoms with Gasteiger partial charge in [0.05, 0.1) is 9.46 Å². The third kappa shape index (κ3) is 6.10. The van der Waals surface area contributed by atoms with E-state index >= 15 is 0 Å². The fourth-order valence-electron chi connectivity index (χ4n) is 2.43. The number of aliphatic imine (C=N–C) groups is 1. The molecule has 0 radical (unpaired) electrons. The van der Waals surface area contributed by atoms with E-state index in [1.165, 1.54) is 19.3 Å². The Morgan fingerprint density at radius 1 is 1.42 bits per heavy atom. The molecule has 19 heavy (non-hydrogen) atoms. The highest BCUT2D eigenvalue weighted by Crippen LogP contribution is 2.31. The van der Waals surface area contributed by atoms with E-state index in [1.807, 2.05) is 0 Å². The van der Waals surface area contributed by atoms with Gasteiger partial charge in [0, 0.05) is 0 Å². The fraction of sp³-hybridized carbons (Fsp3) is 0.857. The van der Waals surface area contributed by atoms with Crippen LogP contribution in [0.25, 0.3) is 0 Å². The van der Waals surface area contributed by atoms with Crippen molar-refractivity contribution < 1.29 is 4.74 Å². The molecule has 1 saturated carbocycles. The molecule has 1 unspecified atom stereocenters.